The number of carbonyl (C=O) groups is 2. The number of hydrogen-bond acceptors (Lipinski definition) is 4. The lowest BCUT2D eigenvalue weighted by Gasteiger charge is -2.06. The van der Waals surface area contributed by atoms with Crippen LogP contribution in [0, 0.1) is 0 Å². The van der Waals surface area contributed by atoms with Crippen molar-refractivity contribution in [2.45, 2.75) is 13.5 Å². The van der Waals surface area contributed by atoms with E-state index in [1.54, 1.807) is 36.4 Å². The largest absolute Gasteiger partial charge is 0.486 e. The van der Waals surface area contributed by atoms with Crippen molar-refractivity contribution in [3.05, 3.63) is 76.7 Å². The Hall–Kier alpha value is -3.06. The van der Waals surface area contributed by atoms with E-state index in [-0.39, 0.29) is 24.2 Å². The van der Waals surface area contributed by atoms with Crippen LogP contribution in [0.15, 0.2) is 69.6 Å². The lowest BCUT2D eigenvalue weighted by atomic mass is 10.2. The predicted octanol–water partition coefficient (Wildman–Crippen LogP) is 4.83. The zero-order valence-electron chi connectivity index (χ0n) is 14.5. The standard InChI is InChI=1S/C20H17BrN2O4/c1-13(24)22-15-5-7-16(8-6-15)23-20(25)19-10-9-18(27-19)12-26-17-4-2-3-14(21)11-17/h2-11H,12H2,1H3,(H,22,24)(H,23,25). The molecule has 1 heterocycles. The van der Waals surface area contributed by atoms with Gasteiger partial charge >= 0.3 is 0 Å². The molecule has 3 rings (SSSR count). The van der Waals surface area contributed by atoms with E-state index in [4.69, 9.17) is 9.15 Å². The van der Waals surface area contributed by atoms with E-state index < -0.39 is 0 Å². The highest BCUT2D eigenvalue weighted by Gasteiger charge is 2.12. The molecule has 0 atom stereocenters. The molecule has 0 radical (unpaired) electrons. The van der Waals surface area contributed by atoms with Crippen LogP contribution in [0.25, 0.3) is 0 Å². The minimum absolute atomic E-state index is 0.153. The number of hydrogen-bond donors (Lipinski definition) is 2. The van der Waals surface area contributed by atoms with E-state index in [0.717, 1.165) is 4.47 Å². The Bertz CT molecular complexity index is 951. The second kappa shape index (κ2) is 8.55. The number of amides is 2. The Balaban J connectivity index is 1.57. The Morgan fingerprint density at radius 2 is 1.70 bits per heavy atom. The molecule has 0 saturated heterocycles. The molecule has 0 aliphatic carbocycles. The lowest BCUT2D eigenvalue weighted by Crippen LogP contribution is -2.11. The third kappa shape index (κ3) is 5.46. The van der Waals surface area contributed by atoms with Gasteiger partial charge in [-0.05, 0) is 54.6 Å². The minimum Gasteiger partial charge on any atom is -0.486 e. The Morgan fingerprint density at radius 3 is 2.37 bits per heavy atom. The summed E-state index contributed by atoms with van der Waals surface area (Å²) in [6.45, 7) is 1.65. The van der Waals surface area contributed by atoms with Crippen molar-refractivity contribution in [3.8, 4) is 5.75 Å². The first-order chi connectivity index (χ1) is 13.0. The van der Waals surface area contributed by atoms with Gasteiger partial charge in [0, 0.05) is 22.8 Å². The number of furan rings is 1. The number of ether oxygens (including phenoxy) is 1. The van der Waals surface area contributed by atoms with Gasteiger partial charge in [0.1, 0.15) is 18.1 Å². The van der Waals surface area contributed by atoms with Crippen molar-refractivity contribution in [3.63, 3.8) is 0 Å². The molecule has 0 bridgehead atoms. The summed E-state index contributed by atoms with van der Waals surface area (Å²) >= 11 is 3.38. The normalized spacial score (nSPS) is 10.3. The van der Waals surface area contributed by atoms with Crippen LogP contribution in [-0.4, -0.2) is 11.8 Å². The fourth-order valence-corrected chi connectivity index (χ4v) is 2.70. The summed E-state index contributed by atoms with van der Waals surface area (Å²) in [5.41, 5.74) is 1.25. The first kappa shape index (κ1) is 18.7. The van der Waals surface area contributed by atoms with Crippen LogP contribution in [0.3, 0.4) is 0 Å². The number of nitrogens with one attached hydrogen (secondary N) is 2. The molecule has 1 aromatic heterocycles. The first-order valence-corrected chi connectivity index (χ1v) is 8.95. The molecule has 0 saturated carbocycles. The molecule has 2 aromatic carbocycles. The topological polar surface area (TPSA) is 80.6 Å². The van der Waals surface area contributed by atoms with E-state index in [1.165, 1.54) is 6.92 Å². The van der Waals surface area contributed by atoms with Gasteiger partial charge in [0.2, 0.25) is 5.91 Å². The maximum Gasteiger partial charge on any atom is 0.291 e. The van der Waals surface area contributed by atoms with Crippen LogP contribution < -0.4 is 15.4 Å². The van der Waals surface area contributed by atoms with Gasteiger partial charge in [-0.2, -0.15) is 0 Å². The number of anilines is 2. The fraction of sp³-hybridized carbons (Fsp3) is 0.100. The highest BCUT2D eigenvalue weighted by Crippen LogP contribution is 2.20. The third-order valence-corrected chi connectivity index (χ3v) is 4.02. The molecule has 0 aliphatic rings. The molecule has 0 fully saturated rings. The summed E-state index contributed by atoms with van der Waals surface area (Å²) in [5.74, 6) is 0.914. The van der Waals surface area contributed by atoms with Crippen LogP contribution in [0.5, 0.6) is 5.75 Å². The molecule has 7 heteroatoms. The van der Waals surface area contributed by atoms with Crippen LogP contribution in [0.1, 0.15) is 23.2 Å². The summed E-state index contributed by atoms with van der Waals surface area (Å²) in [6, 6.07) is 17.6. The summed E-state index contributed by atoms with van der Waals surface area (Å²) in [6.07, 6.45) is 0. The second-order valence-corrected chi connectivity index (χ2v) is 6.64. The van der Waals surface area contributed by atoms with Gasteiger partial charge < -0.3 is 19.8 Å². The maximum absolute atomic E-state index is 12.3. The van der Waals surface area contributed by atoms with Crippen LogP contribution >= 0.6 is 15.9 Å². The summed E-state index contributed by atoms with van der Waals surface area (Å²) in [5, 5.41) is 5.41. The zero-order chi connectivity index (χ0) is 19.2. The Morgan fingerprint density at radius 1 is 1.00 bits per heavy atom. The van der Waals surface area contributed by atoms with Gasteiger partial charge in [0.15, 0.2) is 5.76 Å². The summed E-state index contributed by atoms with van der Waals surface area (Å²) in [4.78, 5) is 23.3. The number of carbonyl (C=O) groups excluding carboxylic acids is 2. The Labute approximate surface area is 164 Å². The number of benzene rings is 2. The third-order valence-electron chi connectivity index (χ3n) is 3.53. The van der Waals surface area contributed by atoms with Gasteiger partial charge in [-0.15, -0.1) is 0 Å². The van der Waals surface area contributed by atoms with Crippen LogP contribution in [0.4, 0.5) is 11.4 Å². The second-order valence-electron chi connectivity index (χ2n) is 5.72. The predicted molar refractivity (Wildman–Crippen MR) is 106 cm³/mol. The van der Waals surface area contributed by atoms with Crippen molar-refractivity contribution < 1.29 is 18.7 Å². The van der Waals surface area contributed by atoms with Gasteiger partial charge in [0.05, 0.1) is 0 Å². The highest BCUT2D eigenvalue weighted by atomic mass is 79.9. The molecule has 2 N–H and O–H groups in total. The average molecular weight is 429 g/mol. The zero-order valence-corrected chi connectivity index (χ0v) is 16.1. The van der Waals surface area contributed by atoms with Gasteiger partial charge in [0.25, 0.3) is 5.91 Å². The Kier molecular flexibility index (Phi) is 5.93. The van der Waals surface area contributed by atoms with Crippen molar-refractivity contribution in [2.75, 3.05) is 10.6 Å². The molecule has 138 valence electrons. The minimum atomic E-state index is -0.365. The lowest BCUT2D eigenvalue weighted by molar-refractivity contribution is -0.114. The van der Waals surface area contributed by atoms with E-state index in [9.17, 15) is 9.59 Å². The summed E-state index contributed by atoms with van der Waals surface area (Å²) < 4.78 is 12.1. The molecule has 3 aromatic rings. The molecule has 0 aliphatic heterocycles. The van der Waals surface area contributed by atoms with E-state index in [0.29, 0.717) is 22.9 Å². The molecule has 6 nitrogen and oxygen atoms in total. The fourth-order valence-electron chi connectivity index (χ4n) is 2.32. The summed E-state index contributed by atoms with van der Waals surface area (Å²) in [7, 11) is 0. The van der Waals surface area contributed by atoms with Gasteiger partial charge in [-0.3, -0.25) is 9.59 Å². The van der Waals surface area contributed by atoms with Gasteiger partial charge in [-0.25, -0.2) is 0 Å². The van der Waals surface area contributed by atoms with E-state index >= 15 is 0 Å². The number of rotatable bonds is 6. The highest BCUT2D eigenvalue weighted by molar-refractivity contribution is 9.10. The number of halogens is 1. The van der Waals surface area contributed by atoms with Crippen molar-refractivity contribution in [2.24, 2.45) is 0 Å². The average Bonchev–Trinajstić information content (AvgIpc) is 3.10. The van der Waals surface area contributed by atoms with Gasteiger partial charge in [-0.1, -0.05) is 22.0 Å². The first-order valence-electron chi connectivity index (χ1n) is 8.16. The van der Waals surface area contributed by atoms with Crippen molar-refractivity contribution in [1.82, 2.24) is 0 Å². The molecule has 0 unspecified atom stereocenters. The monoisotopic (exact) mass is 428 g/mol. The van der Waals surface area contributed by atoms with Crippen LogP contribution in [-0.2, 0) is 11.4 Å². The van der Waals surface area contributed by atoms with E-state index in [2.05, 4.69) is 26.6 Å². The van der Waals surface area contributed by atoms with Crippen molar-refractivity contribution >= 4 is 39.1 Å². The van der Waals surface area contributed by atoms with Crippen molar-refractivity contribution in [1.29, 1.82) is 0 Å². The molecule has 0 spiro atoms. The smallest absolute Gasteiger partial charge is 0.291 e. The SMILES string of the molecule is CC(=O)Nc1ccc(NC(=O)c2ccc(COc3cccc(Br)c3)o2)cc1. The quantitative estimate of drug-likeness (QED) is 0.588. The van der Waals surface area contributed by atoms with Crippen LogP contribution in [0.2, 0.25) is 0 Å². The molecule has 27 heavy (non-hydrogen) atoms. The maximum atomic E-state index is 12.3. The van der Waals surface area contributed by atoms with E-state index in [1.807, 2.05) is 24.3 Å². The molecule has 2 amide bonds. The molecular weight excluding hydrogens is 412 g/mol. The molecular formula is C20H17BrN2O4.